The van der Waals surface area contributed by atoms with Crippen molar-refractivity contribution in [3.05, 3.63) is 40.6 Å². The van der Waals surface area contributed by atoms with E-state index >= 15 is 0 Å². The third kappa shape index (κ3) is 2.88. The van der Waals surface area contributed by atoms with Crippen molar-refractivity contribution in [2.75, 3.05) is 7.11 Å². The lowest BCUT2D eigenvalue weighted by Gasteiger charge is -2.19. The summed E-state index contributed by atoms with van der Waals surface area (Å²) in [7, 11) is 1.45. The summed E-state index contributed by atoms with van der Waals surface area (Å²) in [5, 5.41) is 23.4. The molecule has 9 heteroatoms. The first-order valence-electron chi connectivity index (χ1n) is 7.18. The van der Waals surface area contributed by atoms with Gasteiger partial charge in [0.05, 0.1) is 18.9 Å². The minimum absolute atomic E-state index is 0.0662. The summed E-state index contributed by atoms with van der Waals surface area (Å²) in [6, 6.07) is 4.35. The molecule has 25 heavy (non-hydrogen) atoms. The Bertz CT molecular complexity index is 1020. The third-order valence-corrected chi connectivity index (χ3v) is 3.84. The third-order valence-electron chi connectivity index (χ3n) is 3.55. The van der Waals surface area contributed by atoms with E-state index in [-0.39, 0.29) is 27.8 Å². The van der Waals surface area contributed by atoms with Gasteiger partial charge in [0.15, 0.2) is 11.5 Å². The van der Waals surface area contributed by atoms with Crippen molar-refractivity contribution in [1.82, 2.24) is 19.6 Å². The van der Waals surface area contributed by atoms with E-state index in [1.165, 1.54) is 17.8 Å². The zero-order chi connectivity index (χ0) is 18.4. The van der Waals surface area contributed by atoms with Crippen molar-refractivity contribution >= 4 is 17.2 Å². The van der Waals surface area contributed by atoms with Gasteiger partial charge in [-0.05, 0) is 19.9 Å². The number of nitrogens with zero attached hydrogens (tertiary/aromatic N) is 5. The van der Waals surface area contributed by atoms with Crippen LogP contribution in [0.4, 0.5) is 4.39 Å². The molecule has 0 unspecified atom stereocenters. The van der Waals surface area contributed by atoms with Gasteiger partial charge < -0.3 is 9.84 Å². The van der Waals surface area contributed by atoms with E-state index in [0.717, 1.165) is 6.07 Å². The minimum atomic E-state index is -1.30. The van der Waals surface area contributed by atoms with Gasteiger partial charge >= 0.3 is 0 Å². The molecule has 3 heterocycles. The average Bonchev–Trinajstić information content (AvgIpc) is 2.97. The van der Waals surface area contributed by atoms with Gasteiger partial charge in [-0.15, -0.1) is 0 Å². The molecule has 7 nitrogen and oxygen atoms in total. The SMILES string of the molecule is COc1cc2ncc(-c3nc(Cl)c(C#N)cc3F)n2nc1C(C)(C)O. The summed E-state index contributed by atoms with van der Waals surface area (Å²) in [6.07, 6.45) is 1.38. The molecule has 0 atom stereocenters. The summed E-state index contributed by atoms with van der Waals surface area (Å²) in [6.45, 7) is 3.11. The quantitative estimate of drug-likeness (QED) is 0.720. The normalized spacial score (nSPS) is 11.6. The van der Waals surface area contributed by atoms with Crippen molar-refractivity contribution in [2.45, 2.75) is 19.4 Å². The highest BCUT2D eigenvalue weighted by Crippen LogP contribution is 2.31. The number of aromatic nitrogens is 4. The first-order valence-corrected chi connectivity index (χ1v) is 7.56. The second kappa shape index (κ2) is 5.95. The Kier molecular flexibility index (Phi) is 4.06. The van der Waals surface area contributed by atoms with Crippen LogP contribution in [0, 0.1) is 17.1 Å². The van der Waals surface area contributed by atoms with Crippen LogP contribution in [0.15, 0.2) is 18.3 Å². The number of hydrogen-bond acceptors (Lipinski definition) is 6. The van der Waals surface area contributed by atoms with E-state index in [9.17, 15) is 9.50 Å². The molecule has 0 amide bonds. The fourth-order valence-electron chi connectivity index (χ4n) is 2.36. The Hall–Kier alpha value is -2.76. The van der Waals surface area contributed by atoms with Crippen LogP contribution >= 0.6 is 11.6 Å². The molecular formula is C16H13ClFN5O2. The maximum absolute atomic E-state index is 14.4. The summed E-state index contributed by atoms with van der Waals surface area (Å²) < 4.78 is 21.0. The Morgan fingerprint density at radius 1 is 1.40 bits per heavy atom. The number of hydrogen-bond donors (Lipinski definition) is 1. The Morgan fingerprint density at radius 2 is 2.12 bits per heavy atom. The van der Waals surface area contributed by atoms with Crippen molar-refractivity contribution in [3.63, 3.8) is 0 Å². The number of nitriles is 1. The summed E-state index contributed by atoms with van der Waals surface area (Å²) in [5.41, 5.74) is -0.607. The van der Waals surface area contributed by atoms with Crippen molar-refractivity contribution in [3.8, 4) is 23.2 Å². The van der Waals surface area contributed by atoms with Gasteiger partial charge in [0.25, 0.3) is 0 Å². The van der Waals surface area contributed by atoms with E-state index in [0.29, 0.717) is 11.4 Å². The number of imidazole rings is 1. The van der Waals surface area contributed by atoms with Crippen LogP contribution in [0.25, 0.3) is 17.0 Å². The lowest BCUT2D eigenvalue weighted by Crippen LogP contribution is -2.20. The molecule has 0 saturated carbocycles. The minimum Gasteiger partial charge on any atom is -0.495 e. The molecule has 0 saturated heterocycles. The highest BCUT2D eigenvalue weighted by Gasteiger charge is 2.26. The van der Waals surface area contributed by atoms with Crippen LogP contribution in [-0.4, -0.2) is 31.8 Å². The zero-order valence-corrected chi connectivity index (χ0v) is 14.3. The molecule has 0 bridgehead atoms. The van der Waals surface area contributed by atoms with Crippen molar-refractivity contribution < 1.29 is 14.2 Å². The van der Waals surface area contributed by atoms with Crippen molar-refractivity contribution in [2.24, 2.45) is 0 Å². The van der Waals surface area contributed by atoms with E-state index in [2.05, 4.69) is 15.1 Å². The molecule has 128 valence electrons. The van der Waals surface area contributed by atoms with Gasteiger partial charge in [0.1, 0.15) is 39.7 Å². The second-order valence-electron chi connectivity index (χ2n) is 5.80. The van der Waals surface area contributed by atoms with Gasteiger partial charge in [-0.2, -0.15) is 10.4 Å². The predicted molar refractivity (Wildman–Crippen MR) is 87.7 cm³/mol. The fourth-order valence-corrected chi connectivity index (χ4v) is 2.55. The second-order valence-corrected chi connectivity index (χ2v) is 6.16. The van der Waals surface area contributed by atoms with Gasteiger partial charge in [-0.1, -0.05) is 11.6 Å². The molecule has 0 aliphatic heterocycles. The van der Waals surface area contributed by atoms with Crippen LogP contribution in [0.2, 0.25) is 5.15 Å². The highest BCUT2D eigenvalue weighted by molar-refractivity contribution is 6.30. The van der Waals surface area contributed by atoms with E-state index in [1.54, 1.807) is 26.0 Å². The molecule has 3 aromatic heterocycles. The van der Waals surface area contributed by atoms with Crippen LogP contribution in [0.3, 0.4) is 0 Å². The number of methoxy groups -OCH3 is 1. The van der Waals surface area contributed by atoms with E-state index < -0.39 is 11.4 Å². The summed E-state index contributed by atoms with van der Waals surface area (Å²) in [5.74, 6) is -0.381. The molecule has 0 aliphatic rings. The molecule has 0 radical (unpaired) electrons. The molecule has 0 aromatic carbocycles. The number of rotatable bonds is 3. The maximum Gasteiger partial charge on any atom is 0.157 e. The average molecular weight is 362 g/mol. The molecular weight excluding hydrogens is 349 g/mol. The van der Waals surface area contributed by atoms with Gasteiger partial charge in [-0.3, -0.25) is 0 Å². The largest absolute Gasteiger partial charge is 0.495 e. The first kappa shape index (κ1) is 17.1. The Balaban J connectivity index is 2.29. The molecule has 0 aliphatic carbocycles. The summed E-state index contributed by atoms with van der Waals surface area (Å²) >= 11 is 5.91. The predicted octanol–water partition coefficient (Wildman–Crippen LogP) is 2.69. The van der Waals surface area contributed by atoms with E-state index in [1.807, 2.05) is 0 Å². The Labute approximate surface area is 147 Å². The molecule has 0 spiro atoms. The topological polar surface area (TPSA) is 96.3 Å². The lowest BCUT2D eigenvalue weighted by atomic mass is 10.0. The highest BCUT2D eigenvalue weighted by atomic mass is 35.5. The fraction of sp³-hybridized carbons (Fsp3) is 0.250. The number of pyridine rings is 1. The van der Waals surface area contributed by atoms with Crippen LogP contribution in [-0.2, 0) is 5.60 Å². The lowest BCUT2D eigenvalue weighted by molar-refractivity contribution is 0.0694. The molecule has 3 rings (SSSR count). The molecule has 1 N–H and O–H groups in total. The zero-order valence-electron chi connectivity index (χ0n) is 13.6. The van der Waals surface area contributed by atoms with Gasteiger partial charge in [0, 0.05) is 6.07 Å². The van der Waals surface area contributed by atoms with Crippen LogP contribution in [0.5, 0.6) is 5.75 Å². The van der Waals surface area contributed by atoms with Gasteiger partial charge in [-0.25, -0.2) is 18.9 Å². The smallest absolute Gasteiger partial charge is 0.157 e. The monoisotopic (exact) mass is 361 g/mol. The van der Waals surface area contributed by atoms with Gasteiger partial charge in [0.2, 0.25) is 0 Å². The number of aliphatic hydroxyl groups is 1. The molecule has 3 aromatic rings. The Morgan fingerprint density at radius 3 is 2.72 bits per heavy atom. The first-order chi connectivity index (χ1) is 11.8. The summed E-state index contributed by atoms with van der Waals surface area (Å²) in [4.78, 5) is 8.11. The van der Waals surface area contributed by atoms with Crippen LogP contribution < -0.4 is 4.74 Å². The standard InChI is InChI=1S/C16H13ClFN5O2/c1-16(2,24)14-11(25-3)5-12-20-7-10(23(12)22-14)13-9(18)4-8(6-19)15(17)21-13/h4-5,7,24H,1-3H3. The van der Waals surface area contributed by atoms with E-state index in [4.69, 9.17) is 21.6 Å². The van der Waals surface area contributed by atoms with Crippen LogP contribution in [0.1, 0.15) is 25.1 Å². The number of ether oxygens (including phenoxy) is 1. The maximum atomic E-state index is 14.4. The number of halogens is 2. The molecule has 0 fully saturated rings. The van der Waals surface area contributed by atoms with Crippen molar-refractivity contribution in [1.29, 1.82) is 5.26 Å². The number of fused-ring (bicyclic) bond motifs is 1.